The Labute approximate surface area is 183 Å². The zero-order valence-corrected chi connectivity index (χ0v) is 19.5. The topological polar surface area (TPSA) is 42.5 Å². The summed E-state index contributed by atoms with van der Waals surface area (Å²) in [7, 11) is 0. The molecule has 5 nitrogen and oxygen atoms in total. The summed E-state index contributed by atoms with van der Waals surface area (Å²) in [5.41, 5.74) is 6.01. The van der Waals surface area contributed by atoms with Gasteiger partial charge in [0.15, 0.2) is 0 Å². The standard InChI is InChI=1S/C24H31ClN4O/c1-7-19-22(23(30)27-11-15(3)8-16(4)12-27)28-13-20(25)29(24(28)26-19)21-17(5)9-14(2)10-18(21)6/h9-10,13,15-16H,7-8,11-12H2,1-6H3. The quantitative estimate of drug-likeness (QED) is 0.563. The van der Waals surface area contributed by atoms with Crippen molar-refractivity contribution in [3.8, 4) is 5.69 Å². The number of hydrogen-bond donors (Lipinski definition) is 0. The van der Waals surface area contributed by atoms with Crippen molar-refractivity contribution in [3.63, 3.8) is 0 Å². The van der Waals surface area contributed by atoms with Gasteiger partial charge in [-0.15, -0.1) is 0 Å². The van der Waals surface area contributed by atoms with Gasteiger partial charge in [0.1, 0.15) is 10.8 Å². The van der Waals surface area contributed by atoms with Crippen molar-refractivity contribution < 1.29 is 4.79 Å². The summed E-state index contributed by atoms with van der Waals surface area (Å²) in [4.78, 5) is 20.5. The molecule has 0 radical (unpaired) electrons. The van der Waals surface area contributed by atoms with Crippen LogP contribution < -0.4 is 0 Å². The average molecular weight is 427 g/mol. The van der Waals surface area contributed by atoms with Gasteiger partial charge in [-0.05, 0) is 56.6 Å². The van der Waals surface area contributed by atoms with Crippen molar-refractivity contribution in [2.75, 3.05) is 13.1 Å². The molecular weight excluding hydrogens is 396 g/mol. The van der Waals surface area contributed by atoms with Crippen LogP contribution in [0.2, 0.25) is 5.15 Å². The van der Waals surface area contributed by atoms with Gasteiger partial charge >= 0.3 is 0 Å². The summed E-state index contributed by atoms with van der Waals surface area (Å²) < 4.78 is 3.87. The summed E-state index contributed by atoms with van der Waals surface area (Å²) in [5.74, 6) is 1.78. The zero-order valence-electron chi connectivity index (χ0n) is 18.8. The number of aryl methyl sites for hydroxylation is 4. The fraction of sp³-hybridized carbons (Fsp3) is 0.500. The number of halogens is 1. The van der Waals surface area contributed by atoms with Gasteiger partial charge in [0.05, 0.1) is 11.4 Å². The second kappa shape index (κ2) is 7.77. The molecule has 3 heterocycles. The van der Waals surface area contributed by atoms with Gasteiger partial charge in [0.25, 0.3) is 5.91 Å². The maximum absolute atomic E-state index is 13.6. The number of aromatic nitrogens is 3. The third-order valence-corrected chi connectivity index (χ3v) is 6.43. The molecule has 30 heavy (non-hydrogen) atoms. The largest absolute Gasteiger partial charge is 0.337 e. The molecule has 1 amide bonds. The van der Waals surface area contributed by atoms with Crippen molar-refractivity contribution in [2.45, 2.75) is 54.4 Å². The number of piperidine rings is 1. The van der Waals surface area contributed by atoms with E-state index in [0.717, 1.165) is 35.6 Å². The molecule has 0 spiro atoms. The van der Waals surface area contributed by atoms with E-state index >= 15 is 0 Å². The fourth-order valence-corrected chi connectivity index (χ4v) is 5.45. The van der Waals surface area contributed by atoms with Crippen molar-refractivity contribution in [2.24, 2.45) is 11.8 Å². The number of carbonyl (C=O) groups excluding carboxylic acids is 1. The lowest BCUT2D eigenvalue weighted by atomic mass is 9.91. The first-order chi connectivity index (χ1) is 14.2. The lowest BCUT2D eigenvalue weighted by Crippen LogP contribution is -2.43. The maximum atomic E-state index is 13.6. The second-order valence-corrected chi connectivity index (χ2v) is 9.51. The molecule has 1 aliphatic heterocycles. The first-order valence-corrected chi connectivity index (χ1v) is 11.2. The Morgan fingerprint density at radius 2 is 1.73 bits per heavy atom. The molecule has 1 aromatic carbocycles. The Bertz CT molecular complexity index is 1090. The number of amides is 1. The Hall–Kier alpha value is -2.27. The van der Waals surface area contributed by atoms with E-state index in [1.807, 2.05) is 27.0 Å². The van der Waals surface area contributed by atoms with Gasteiger partial charge in [-0.1, -0.05) is 50.1 Å². The van der Waals surface area contributed by atoms with Crippen LogP contribution >= 0.6 is 11.6 Å². The fourth-order valence-electron chi connectivity index (χ4n) is 5.19. The molecular formula is C24H31ClN4O. The highest BCUT2D eigenvalue weighted by molar-refractivity contribution is 6.30. The van der Waals surface area contributed by atoms with Crippen LogP contribution in [0.4, 0.5) is 0 Å². The zero-order chi connectivity index (χ0) is 21.7. The van der Waals surface area contributed by atoms with E-state index in [1.54, 1.807) is 0 Å². The predicted molar refractivity (Wildman–Crippen MR) is 122 cm³/mol. The Balaban J connectivity index is 1.88. The van der Waals surface area contributed by atoms with Gasteiger partial charge in [-0.3, -0.25) is 13.8 Å². The number of rotatable bonds is 3. The maximum Gasteiger partial charge on any atom is 0.272 e. The van der Waals surface area contributed by atoms with Crippen LogP contribution in [0.3, 0.4) is 0 Å². The highest BCUT2D eigenvalue weighted by Gasteiger charge is 2.31. The van der Waals surface area contributed by atoms with Gasteiger partial charge in [0.2, 0.25) is 5.78 Å². The first-order valence-electron chi connectivity index (χ1n) is 10.9. The molecule has 2 aromatic heterocycles. The van der Waals surface area contributed by atoms with Gasteiger partial charge < -0.3 is 4.90 Å². The van der Waals surface area contributed by atoms with Gasteiger partial charge in [0, 0.05) is 19.3 Å². The molecule has 1 saturated heterocycles. The molecule has 4 rings (SSSR count). The average Bonchev–Trinajstić information content (AvgIpc) is 3.15. The van der Waals surface area contributed by atoms with Crippen molar-refractivity contribution in [1.29, 1.82) is 0 Å². The molecule has 3 aromatic rings. The number of hydrogen-bond acceptors (Lipinski definition) is 2. The van der Waals surface area contributed by atoms with Gasteiger partial charge in [-0.25, -0.2) is 4.98 Å². The van der Waals surface area contributed by atoms with Crippen LogP contribution in [0.5, 0.6) is 0 Å². The minimum Gasteiger partial charge on any atom is -0.337 e. The van der Waals surface area contributed by atoms with E-state index in [1.165, 1.54) is 12.0 Å². The highest BCUT2D eigenvalue weighted by Crippen LogP contribution is 2.31. The van der Waals surface area contributed by atoms with Crippen LogP contribution in [0.1, 0.15) is 60.1 Å². The number of fused-ring (bicyclic) bond motifs is 1. The third kappa shape index (κ3) is 3.43. The lowest BCUT2D eigenvalue weighted by molar-refractivity contribution is 0.0615. The summed E-state index contributed by atoms with van der Waals surface area (Å²) in [6, 6.07) is 4.31. The number of benzene rings is 1. The molecule has 2 atom stereocenters. The van der Waals surface area contributed by atoms with Crippen LogP contribution in [0, 0.1) is 32.6 Å². The summed E-state index contributed by atoms with van der Waals surface area (Å²) in [6.45, 7) is 14.4. The van der Waals surface area contributed by atoms with Gasteiger partial charge in [-0.2, -0.15) is 0 Å². The van der Waals surface area contributed by atoms with E-state index in [4.69, 9.17) is 16.6 Å². The third-order valence-electron chi connectivity index (χ3n) is 6.17. The Morgan fingerprint density at radius 1 is 1.13 bits per heavy atom. The summed E-state index contributed by atoms with van der Waals surface area (Å²) in [6.07, 6.45) is 3.71. The molecule has 0 bridgehead atoms. The molecule has 0 aliphatic carbocycles. The molecule has 0 N–H and O–H groups in total. The SMILES string of the molecule is CCc1nc2n(-c3c(C)cc(C)cc3C)c(Cl)cn2c1C(=O)N1CC(C)CC(C)C1. The number of likely N-dealkylation sites (tertiary alicyclic amines) is 1. The normalized spacial score (nSPS) is 19.6. The Kier molecular flexibility index (Phi) is 5.43. The summed E-state index contributed by atoms with van der Waals surface area (Å²) in [5, 5.41) is 0.560. The van der Waals surface area contributed by atoms with E-state index in [9.17, 15) is 4.79 Å². The predicted octanol–water partition coefficient (Wildman–Crippen LogP) is 5.38. The molecule has 0 saturated carbocycles. The van der Waals surface area contributed by atoms with Crippen molar-refractivity contribution >= 4 is 23.3 Å². The van der Waals surface area contributed by atoms with E-state index < -0.39 is 0 Å². The monoisotopic (exact) mass is 426 g/mol. The van der Waals surface area contributed by atoms with Crippen LogP contribution in [-0.2, 0) is 6.42 Å². The number of nitrogens with zero attached hydrogens (tertiary/aromatic N) is 4. The minimum atomic E-state index is 0.0592. The van der Waals surface area contributed by atoms with Crippen LogP contribution in [-0.4, -0.2) is 37.8 Å². The molecule has 1 fully saturated rings. The highest BCUT2D eigenvalue weighted by atomic mass is 35.5. The van der Waals surface area contributed by atoms with Crippen LogP contribution in [0.15, 0.2) is 18.3 Å². The Morgan fingerprint density at radius 3 is 2.30 bits per heavy atom. The summed E-state index contributed by atoms with van der Waals surface area (Å²) >= 11 is 6.71. The minimum absolute atomic E-state index is 0.0592. The lowest BCUT2D eigenvalue weighted by Gasteiger charge is -2.35. The molecule has 160 valence electrons. The second-order valence-electron chi connectivity index (χ2n) is 9.12. The van der Waals surface area contributed by atoms with Crippen LogP contribution in [0.25, 0.3) is 11.5 Å². The van der Waals surface area contributed by atoms with E-state index in [2.05, 4.69) is 46.8 Å². The van der Waals surface area contributed by atoms with E-state index in [0.29, 0.717) is 34.9 Å². The molecule has 2 unspecified atom stereocenters. The van der Waals surface area contributed by atoms with Crippen molar-refractivity contribution in [1.82, 2.24) is 18.9 Å². The van der Waals surface area contributed by atoms with E-state index in [-0.39, 0.29) is 5.91 Å². The number of carbonyl (C=O) groups is 1. The molecule has 1 aliphatic rings. The van der Waals surface area contributed by atoms with Crippen molar-refractivity contribution in [3.05, 3.63) is 51.6 Å². The smallest absolute Gasteiger partial charge is 0.272 e. The first kappa shape index (κ1) is 21.0. The number of imidazole rings is 2. The molecule has 6 heteroatoms.